The van der Waals surface area contributed by atoms with Crippen LogP contribution in [-0.2, 0) is 4.74 Å². The smallest absolute Gasteiger partial charge is 0.125 e. The molecule has 0 bridgehead atoms. The van der Waals surface area contributed by atoms with Crippen LogP contribution in [0.15, 0.2) is 5.11 Å². The summed E-state index contributed by atoms with van der Waals surface area (Å²) in [5.41, 5.74) is 7.80. The first-order chi connectivity index (χ1) is 4.41. The number of hydrogen-bond donors (Lipinski definition) is 0. The highest BCUT2D eigenvalue weighted by Gasteiger charge is 1.81. The van der Waals surface area contributed by atoms with Crippen molar-refractivity contribution < 1.29 is 4.74 Å². The average molecular weight is 129 g/mol. The van der Waals surface area contributed by atoms with E-state index in [1.165, 1.54) is 0 Å². The minimum Gasteiger partial charge on any atom is -0.375 e. The van der Waals surface area contributed by atoms with Gasteiger partial charge in [-0.3, -0.25) is 0 Å². The van der Waals surface area contributed by atoms with Crippen LogP contribution in [0, 0.1) is 0 Å². The van der Waals surface area contributed by atoms with E-state index in [1.54, 1.807) is 0 Å². The van der Waals surface area contributed by atoms with Crippen molar-refractivity contribution in [2.24, 2.45) is 5.11 Å². The van der Waals surface area contributed by atoms with Crippen molar-refractivity contribution >= 4 is 0 Å². The van der Waals surface area contributed by atoms with Gasteiger partial charge >= 0.3 is 0 Å². The molecular weight excluding hydrogens is 118 g/mol. The molecule has 0 aliphatic rings. The molecule has 0 saturated heterocycles. The van der Waals surface area contributed by atoms with Crippen molar-refractivity contribution in [1.82, 2.24) is 0 Å². The molecular formula is C5H11N3O. The van der Waals surface area contributed by atoms with Gasteiger partial charge in [0, 0.05) is 11.5 Å². The maximum absolute atomic E-state index is 7.80. The highest BCUT2D eigenvalue weighted by atomic mass is 16.5. The summed E-state index contributed by atoms with van der Waals surface area (Å²) in [7, 11) is 0. The molecule has 0 rings (SSSR count). The monoisotopic (exact) mass is 129 g/mol. The maximum atomic E-state index is 7.80. The van der Waals surface area contributed by atoms with Crippen molar-refractivity contribution in [2.75, 3.05) is 13.3 Å². The number of ether oxygens (including phenoxy) is 1. The van der Waals surface area contributed by atoms with Gasteiger partial charge in [0.15, 0.2) is 0 Å². The molecule has 0 radical (unpaired) electrons. The van der Waals surface area contributed by atoms with E-state index in [1.807, 2.05) is 0 Å². The summed E-state index contributed by atoms with van der Waals surface area (Å²) in [5, 5.41) is 3.20. The molecule has 0 aliphatic heterocycles. The van der Waals surface area contributed by atoms with Gasteiger partial charge in [-0.05, 0) is 12.0 Å². The lowest BCUT2D eigenvalue weighted by Crippen LogP contribution is -1.91. The van der Waals surface area contributed by atoms with Gasteiger partial charge in [-0.15, -0.1) is 0 Å². The topological polar surface area (TPSA) is 58.0 Å². The predicted molar refractivity (Wildman–Crippen MR) is 34.9 cm³/mol. The molecule has 0 aromatic carbocycles. The van der Waals surface area contributed by atoms with Gasteiger partial charge < -0.3 is 4.74 Å². The van der Waals surface area contributed by atoms with Gasteiger partial charge in [0.1, 0.15) is 6.73 Å². The summed E-state index contributed by atoms with van der Waals surface area (Å²) >= 11 is 0. The number of hydrogen-bond acceptors (Lipinski definition) is 2. The minimum absolute atomic E-state index is 0.163. The Kier molecular flexibility index (Phi) is 6.68. The highest BCUT2D eigenvalue weighted by Crippen LogP contribution is 1.87. The number of unbranched alkanes of at least 4 members (excludes halogenated alkanes) is 1. The molecule has 0 saturated carbocycles. The van der Waals surface area contributed by atoms with E-state index >= 15 is 0 Å². The van der Waals surface area contributed by atoms with Gasteiger partial charge in [-0.25, -0.2) is 0 Å². The number of rotatable bonds is 5. The number of nitrogens with zero attached hydrogens (tertiary/aromatic N) is 3. The van der Waals surface area contributed by atoms with Gasteiger partial charge in [0.25, 0.3) is 0 Å². The van der Waals surface area contributed by atoms with Crippen molar-refractivity contribution in [3.8, 4) is 0 Å². The first kappa shape index (κ1) is 8.27. The van der Waals surface area contributed by atoms with Crippen LogP contribution in [0.4, 0.5) is 0 Å². The van der Waals surface area contributed by atoms with Crippen LogP contribution in [0.2, 0.25) is 0 Å². The largest absolute Gasteiger partial charge is 0.375 e. The fourth-order valence-electron chi connectivity index (χ4n) is 0.378. The molecule has 52 valence electrons. The molecule has 0 fully saturated rings. The lowest BCUT2D eigenvalue weighted by Gasteiger charge is -1.94. The standard InChI is InChI=1S/C5H11N3O/c1-2-3-4-9-5-7-8-6/h2-5H2,1H3. The predicted octanol–water partition coefficient (Wildman–Crippen LogP) is 2.07. The Morgan fingerprint density at radius 2 is 2.44 bits per heavy atom. The molecule has 0 unspecified atom stereocenters. The first-order valence-electron chi connectivity index (χ1n) is 3.00. The van der Waals surface area contributed by atoms with E-state index in [-0.39, 0.29) is 6.73 Å². The Hall–Kier alpha value is -0.730. The summed E-state index contributed by atoms with van der Waals surface area (Å²) < 4.78 is 4.89. The molecule has 0 spiro atoms. The van der Waals surface area contributed by atoms with Crippen LogP contribution < -0.4 is 0 Å². The molecule has 0 amide bonds. The summed E-state index contributed by atoms with van der Waals surface area (Å²) in [6, 6.07) is 0. The zero-order chi connectivity index (χ0) is 6.95. The Morgan fingerprint density at radius 3 is 3.00 bits per heavy atom. The zero-order valence-corrected chi connectivity index (χ0v) is 5.58. The van der Waals surface area contributed by atoms with Crippen LogP contribution >= 0.6 is 0 Å². The van der Waals surface area contributed by atoms with Crippen molar-refractivity contribution in [2.45, 2.75) is 19.8 Å². The Labute approximate surface area is 54.4 Å². The van der Waals surface area contributed by atoms with Gasteiger partial charge in [0.05, 0.1) is 0 Å². The fraction of sp³-hybridized carbons (Fsp3) is 1.00. The fourth-order valence-corrected chi connectivity index (χ4v) is 0.378. The Balaban J connectivity index is 2.82. The lowest BCUT2D eigenvalue weighted by molar-refractivity contribution is 0.138. The second-order valence-electron chi connectivity index (χ2n) is 1.62. The molecule has 0 aromatic heterocycles. The van der Waals surface area contributed by atoms with Crippen molar-refractivity contribution in [1.29, 1.82) is 0 Å². The quantitative estimate of drug-likeness (QED) is 0.242. The van der Waals surface area contributed by atoms with Crippen molar-refractivity contribution in [3.63, 3.8) is 0 Å². The van der Waals surface area contributed by atoms with Crippen LogP contribution in [-0.4, -0.2) is 13.3 Å². The Morgan fingerprint density at radius 1 is 1.67 bits per heavy atom. The maximum Gasteiger partial charge on any atom is 0.125 e. The van der Waals surface area contributed by atoms with Crippen LogP contribution in [0.3, 0.4) is 0 Å². The molecule has 0 N–H and O–H groups in total. The molecule has 0 aromatic rings. The van der Waals surface area contributed by atoms with E-state index in [9.17, 15) is 0 Å². The van der Waals surface area contributed by atoms with E-state index < -0.39 is 0 Å². The van der Waals surface area contributed by atoms with Crippen LogP contribution in [0.1, 0.15) is 19.8 Å². The molecule has 4 heteroatoms. The Bertz CT molecular complexity index is 98.4. The summed E-state index contributed by atoms with van der Waals surface area (Å²) in [6.07, 6.45) is 2.14. The van der Waals surface area contributed by atoms with Gasteiger partial charge in [-0.2, -0.15) is 0 Å². The second-order valence-corrected chi connectivity index (χ2v) is 1.62. The minimum atomic E-state index is 0.163. The third-order valence-electron chi connectivity index (χ3n) is 0.854. The SMILES string of the molecule is CCCCOCN=[N+]=[N-]. The second kappa shape index (κ2) is 7.27. The van der Waals surface area contributed by atoms with Crippen LogP contribution in [0.25, 0.3) is 10.4 Å². The third kappa shape index (κ3) is 7.27. The third-order valence-corrected chi connectivity index (χ3v) is 0.854. The molecule has 0 heterocycles. The average Bonchev–Trinajstić information content (AvgIpc) is 1.89. The van der Waals surface area contributed by atoms with E-state index in [4.69, 9.17) is 10.3 Å². The summed E-state index contributed by atoms with van der Waals surface area (Å²) in [4.78, 5) is 2.53. The van der Waals surface area contributed by atoms with E-state index in [2.05, 4.69) is 16.9 Å². The van der Waals surface area contributed by atoms with Crippen LogP contribution in [0.5, 0.6) is 0 Å². The zero-order valence-electron chi connectivity index (χ0n) is 5.58. The summed E-state index contributed by atoms with van der Waals surface area (Å²) in [6.45, 7) is 2.93. The van der Waals surface area contributed by atoms with Crippen molar-refractivity contribution in [3.05, 3.63) is 10.4 Å². The lowest BCUT2D eigenvalue weighted by atomic mass is 10.4. The first-order valence-corrected chi connectivity index (χ1v) is 3.00. The normalized spacial score (nSPS) is 8.56. The molecule has 0 aliphatic carbocycles. The highest BCUT2D eigenvalue weighted by molar-refractivity contribution is 4.37. The molecule has 0 atom stereocenters. The van der Waals surface area contributed by atoms with E-state index in [0.717, 1.165) is 12.8 Å². The molecule has 9 heavy (non-hydrogen) atoms. The van der Waals surface area contributed by atoms with Gasteiger partial charge in [0.2, 0.25) is 0 Å². The van der Waals surface area contributed by atoms with Gasteiger partial charge in [-0.1, -0.05) is 18.5 Å². The summed E-state index contributed by atoms with van der Waals surface area (Å²) in [5.74, 6) is 0. The molecule has 4 nitrogen and oxygen atoms in total. The van der Waals surface area contributed by atoms with E-state index in [0.29, 0.717) is 6.61 Å². The number of azide groups is 1.